The summed E-state index contributed by atoms with van der Waals surface area (Å²) in [5, 5.41) is 10.9. The maximum Gasteiger partial charge on any atom is 0.321 e. The van der Waals surface area contributed by atoms with Gasteiger partial charge in [-0.05, 0) is 5.92 Å². The first-order valence-corrected chi connectivity index (χ1v) is 7.37. The van der Waals surface area contributed by atoms with Crippen molar-refractivity contribution in [3.8, 4) is 5.06 Å². The zero-order valence-corrected chi connectivity index (χ0v) is 13.3. The third-order valence-electron chi connectivity index (χ3n) is 2.94. The number of nitrogens with zero attached hydrogens (tertiary/aromatic N) is 3. The number of nitrogens with one attached hydrogen (secondary N) is 2. The number of anilines is 1. The summed E-state index contributed by atoms with van der Waals surface area (Å²) in [6.45, 7) is 4.09. The van der Waals surface area contributed by atoms with E-state index < -0.39 is 0 Å². The van der Waals surface area contributed by atoms with E-state index in [1.165, 1.54) is 11.3 Å². The molecule has 7 nitrogen and oxygen atoms in total. The highest BCUT2D eigenvalue weighted by Crippen LogP contribution is 2.25. The van der Waals surface area contributed by atoms with E-state index in [1.54, 1.807) is 24.2 Å². The van der Waals surface area contributed by atoms with E-state index in [-0.39, 0.29) is 18.0 Å². The Hall–Kier alpha value is -2.09. The van der Waals surface area contributed by atoms with Crippen LogP contribution in [0.2, 0.25) is 0 Å². The maximum atomic E-state index is 12.1. The van der Waals surface area contributed by atoms with E-state index in [1.807, 2.05) is 27.1 Å². The summed E-state index contributed by atoms with van der Waals surface area (Å²) in [4.78, 5) is 16.1. The number of carbonyl (C=O) groups excluding carboxylic acids is 1. The van der Waals surface area contributed by atoms with Crippen LogP contribution in [0, 0.1) is 5.92 Å². The smallest absolute Gasteiger partial charge is 0.321 e. The number of thiazole rings is 1. The summed E-state index contributed by atoms with van der Waals surface area (Å²) in [5.74, 6) is 0.241. The van der Waals surface area contributed by atoms with E-state index in [0.717, 1.165) is 5.56 Å². The Bertz CT molecular complexity index is 607. The first-order valence-electron chi connectivity index (χ1n) is 6.55. The van der Waals surface area contributed by atoms with Crippen molar-refractivity contribution >= 4 is 22.5 Å². The second-order valence-electron chi connectivity index (χ2n) is 4.96. The third-order valence-corrected chi connectivity index (χ3v) is 3.82. The van der Waals surface area contributed by atoms with E-state index in [0.29, 0.717) is 10.2 Å². The Kier molecular flexibility index (Phi) is 4.79. The molecule has 2 amide bonds. The minimum atomic E-state index is -0.297. The second-order valence-corrected chi connectivity index (χ2v) is 5.95. The third kappa shape index (κ3) is 3.94. The van der Waals surface area contributed by atoms with Crippen LogP contribution in [0.15, 0.2) is 18.6 Å². The quantitative estimate of drug-likeness (QED) is 0.888. The lowest BCUT2D eigenvalue weighted by atomic mass is 9.99. The Morgan fingerprint density at radius 3 is 2.71 bits per heavy atom. The number of hydrogen-bond acceptors (Lipinski definition) is 5. The number of ether oxygens (including phenoxy) is 1. The lowest BCUT2D eigenvalue weighted by Crippen LogP contribution is -2.35. The number of carbonyl (C=O) groups is 1. The van der Waals surface area contributed by atoms with E-state index in [2.05, 4.69) is 20.7 Å². The molecule has 0 aliphatic carbocycles. The highest BCUT2D eigenvalue weighted by atomic mass is 32.1. The highest BCUT2D eigenvalue weighted by Gasteiger charge is 2.20. The van der Waals surface area contributed by atoms with Crippen molar-refractivity contribution in [2.24, 2.45) is 13.0 Å². The maximum absolute atomic E-state index is 12.1. The molecule has 114 valence electrons. The van der Waals surface area contributed by atoms with Gasteiger partial charge in [-0.15, -0.1) is 0 Å². The average Bonchev–Trinajstić information content (AvgIpc) is 3.04. The molecule has 0 radical (unpaired) electrons. The Morgan fingerprint density at radius 2 is 2.19 bits per heavy atom. The summed E-state index contributed by atoms with van der Waals surface area (Å²) < 4.78 is 6.76. The fourth-order valence-corrected chi connectivity index (χ4v) is 2.55. The molecule has 0 fully saturated rings. The predicted octanol–water partition coefficient (Wildman–Crippen LogP) is 2.40. The standard InChI is InChI=1S/C13H19N5O2S/c1-8(2)11(9-5-15-18(3)7-9)16-12(19)17-13-14-6-10(20-4)21-13/h5-8,11H,1-4H3,(H2,14,16,17,19). The van der Waals surface area contributed by atoms with E-state index in [9.17, 15) is 4.79 Å². The molecular weight excluding hydrogens is 290 g/mol. The fourth-order valence-electron chi connectivity index (χ4n) is 1.92. The van der Waals surface area contributed by atoms with Crippen LogP contribution < -0.4 is 15.4 Å². The molecule has 0 aliphatic rings. The molecule has 0 aromatic carbocycles. The van der Waals surface area contributed by atoms with Crippen molar-refractivity contribution in [2.45, 2.75) is 19.9 Å². The van der Waals surface area contributed by atoms with Gasteiger partial charge in [0.05, 0.1) is 25.5 Å². The normalized spacial score (nSPS) is 12.2. The lowest BCUT2D eigenvalue weighted by Gasteiger charge is -2.21. The van der Waals surface area contributed by atoms with Crippen LogP contribution in [-0.4, -0.2) is 27.9 Å². The Morgan fingerprint density at radius 1 is 1.43 bits per heavy atom. The molecule has 0 bridgehead atoms. The lowest BCUT2D eigenvalue weighted by molar-refractivity contribution is 0.244. The minimum absolute atomic E-state index is 0.111. The fraction of sp³-hybridized carbons (Fsp3) is 0.462. The van der Waals surface area contributed by atoms with Crippen molar-refractivity contribution in [3.63, 3.8) is 0 Å². The van der Waals surface area contributed by atoms with Crippen LogP contribution in [0.1, 0.15) is 25.5 Å². The predicted molar refractivity (Wildman–Crippen MR) is 81.6 cm³/mol. The molecule has 8 heteroatoms. The monoisotopic (exact) mass is 309 g/mol. The molecule has 0 saturated heterocycles. The molecule has 1 unspecified atom stereocenters. The molecule has 2 rings (SSSR count). The molecule has 21 heavy (non-hydrogen) atoms. The topological polar surface area (TPSA) is 81.1 Å². The Labute approximate surface area is 127 Å². The van der Waals surface area contributed by atoms with Gasteiger partial charge in [-0.3, -0.25) is 10.00 Å². The van der Waals surface area contributed by atoms with Crippen molar-refractivity contribution in [2.75, 3.05) is 12.4 Å². The van der Waals surface area contributed by atoms with Gasteiger partial charge in [0, 0.05) is 18.8 Å². The van der Waals surface area contributed by atoms with Gasteiger partial charge >= 0.3 is 6.03 Å². The number of urea groups is 1. The number of methoxy groups -OCH3 is 1. The molecule has 2 N–H and O–H groups in total. The van der Waals surface area contributed by atoms with E-state index in [4.69, 9.17) is 4.74 Å². The van der Waals surface area contributed by atoms with Crippen LogP contribution in [0.25, 0.3) is 0 Å². The average molecular weight is 309 g/mol. The Balaban J connectivity index is 2.01. The summed E-state index contributed by atoms with van der Waals surface area (Å²) in [6.07, 6.45) is 5.23. The van der Waals surface area contributed by atoms with Gasteiger partial charge in [-0.1, -0.05) is 25.2 Å². The van der Waals surface area contributed by atoms with Crippen LogP contribution in [0.3, 0.4) is 0 Å². The number of aryl methyl sites for hydroxylation is 1. The van der Waals surface area contributed by atoms with Crippen LogP contribution in [-0.2, 0) is 7.05 Å². The number of aromatic nitrogens is 3. The number of rotatable bonds is 5. The zero-order valence-electron chi connectivity index (χ0n) is 12.5. The number of amides is 2. The first kappa shape index (κ1) is 15.3. The molecule has 2 aromatic heterocycles. The molecule has 0 aliphatic heterocycles. The summed E-state index contributed by atoms with van der Waals surface area (Å²) in [5.41, 5.74) is 0.972. The van der Waals surface area contributed by atoms with E-state index >= 15 is 0 Å². The summed E-state index contributed by atoms with van der Waals surface area (Å²) >= 11 is 1.27. The van der Waals surface area contributed by atoms with Crippen LogP contribution in [0.5, 0.6) is 5.06 Å². The van der Waals surface area contributed by atoms with Crippen LogP contribution >= 0.6 is 11.3 Å². The van der Waals surface area contributed by atoms with Crippen molar-refractivity contribution < 1.29 is 9.53 Å². The molecule has 2 aromatic rings. The largest absolute Gasteiger partial charge is 0.486 e. The molecule has 0 spiro atoms. The van der Waals surface area contributed by atoms with Gasteiger partial charge in [0.2, 0.25) is 0 Å². The van der Waals surface area contributed by atoms with Crippen LogP contribution in [0.4, 0.5) is 9.93 Å². The van der Waals surface area contributed by atoms with Gasteiger partial charge in [0.25, 0.3) is 0 Å². The zero-order chi connectivity index (χ0) is 15.4. The van der Waals surface area contributed by atoms with Gasteiger partial charge in [0.1, 0.15) is 0 Å². The van der Waals surface area contributed by atoms with Gasteiger partial charge in [0.15, 0.2) is 10.2 Å². The summed E-state index contributed by atoms with van der Waals surface area (Å²) in [6, 6.07) is -0.407. The van der Waals surface area contributed by atoms with Gasteiger partial charge < -0.3 is 10.1 Å². The SMILES string of the molecule is COc1cnc(NC(=O)NC(c2cnn(C)c2)C(C)C)s1. The van der Waals surface area contributed by atoms with Crippen molar-refractivity contribution in [1.29, 1.82) is 0 Å². The van der Waals surface area contributed by atoms with Gasteiger partial charge in [-0.25, -0.2) is 9.78 Å². The highest BCUT2D eigenvalue weighted by molar-refractivity contribution is 7.17. The first-order chi connectivity index (χ1) is 9.99. The number of hydrogen-bond donors (Lipinski definition) is 2. The van der Waals surface area contributed by atoms with Crippen molar-refractivity contribution in [3.05, 3.63) is 24.2 Å². The molecule has 2 heterocycles. The second kappa shape index (κ2) is 6.57. The molecular formula is C13H19N5O2S. The molecule has 1 atom stereocenters. The van der Waals surface area contributed by atoms with Gasteiger partial charge in [-0.2, -0.15) is 5.10 Å². The molecule has 0 saturated carbocycles. The summed E-state index contributed by atoms with van der Waals surface area (Å²) in [7, 11) is 3.41. The minimum Gasteiger partial charge on any atom is -0.486 e. The van der Waals surface area contributed by atoms with Crippen molar-refractivity contribution in [1.82, 2.24) is 20.1 Å².